The van der Waals surface area contributed by atoms with Crippen LogP contribution in [0.15, 0.2) is 30.3 Å². The number of piperidine rings is 1. The Labute approximate surface area is 130 Å². The van der Waals surface area contributed by atoms with Crippen molar-refractivity contribution in [3.63, 3.8) is 0 Å². The molecule has 1 fully saturated rings. The number of nitrogens with zero attached hydrogens (tertiary/aromatic N) is 3. The topological polar surface area (TPSA) is 79.0 Å². The third-order valence-corrected chi connectivity index (χ3v) is 5.91. The van der Waals surface area contributed by atoms with E-state index in [1.54, 1.807) is 11.2 Å². The quantitative estimate of drug-likeness (QED) is 0.934. The van der Waals surface area contributed by atoms with Crippen molar-refractivity contribution in [3.05, 3.63) is 36.2 Å². The number of sulfonamides is 1. The molecule has 1 N–H and O–H groups in total. The molecule has 118 valence electrons. The van der Waals surface area contributed by atoms with Crippen LogP contribution in [-0.4, -0.2) is 46.7 Å². The molecule has 0 spiro atoms. The third kappa shape index (κ3) is 3.05. The first-order chi connectivity index (χ1) is 10.6. The Balaban J connectivity index is 1.79. The van der Waals surface area contributed by atoms with Gasteiger partial charge in [-0.25, -0.2) is 17.7 Å². The van der Waals surface area contributed by atoms with E-state index in [0.29, 0.717) is 18.9 Å². The Kier molecular flexibility index (Phi) is 4.26. The van der Waals surface area contributed by atoms with Crippen molar-refractivity contribution in [2.45, 2.75) is 25.7 Å². The van der Waals surface area contributed by atoms with Crippen LogP contribution in [0.5, 0.6) is 0 Å². The standard InChI is InChI=1S/C15H20N4O2S/c1-2-22(20,21)19-10-6-9-13(11-19)15-16-14(17-18-15)12-7-4-3-5-8-12/h3-5,7-8,13H,2,6,9-11H2,1H3,(H,16,17,18)/t13-/m0/s1. The van der Waals surface area contributed by atoms with E-state index in [9.17, 15) is 8.42 Å². The molecule has 6 nitrogen and oxygen atoms in total. The second-order valence-corrected chi connectivity index (χ2v) is 7.77. The first kappa shape index (κ1) is 15.2. The highest BCUT2D eigenvalue weighted by atomic mass is 32.2. The van der Waals surface area contributed by atoms with Gasteiger partial charge in [0.25, 0.3) is 0 Å². The molecule has 0 aliphatic carbocycles. The number of hydrogen-bond acceptors (Lipinski definition) is 4. The highest BCUT2D eigenvalue weighted by Gasteiger charge is 2.30. The molecular weight excluding hydrogens is 300 g/mol. The fraction of sp³-hybridized carbons (Fsp3) is 0.467. The van der Waals surface area contributed by atoms with Gasteiger partial charge in [-0.2, -0.15) is 5.10 Å². The third-order valence-electron chi connectivity index (χ3n) is 4.06. The van der Waals surface area contributed by atoms with E-state index in [1.165, 1.54) is 0 Å². The van der Waals surface area contributed by atoms with Gasteiger partial charge in [-0.15, -0.1) is 0 Å². The van der Waals surface area contributed by atoms with E-state index in [2.05, 4.69) is 15.2 Å². The Morgan fingerprint density at radius 3 is 2.82 bits per heavy atom. The molecule has 7 heteroatoms. The second-order valence-electron chi connectivity index (χ2n) is 5.51. The molecule has 0 unspecified atom stereocenters. The summed E-state index contributed by atoms with van der Waals surface area (Å²) in [6.45, 7) is 2.77. The minimum Gasteiger partial charge on any atom is -0.262 e. The van der Waals surface area contributed by atoms with Crippen molar-refractivity contribution < 1.29 is 8.42 Å². The smallest absolute Gasteiger partial charge is 0.213 e. The molecule has 1 atom stereocenters. The Morgan fingerprint density at radius 2 is 2.09 bits per heavy atom. The summed E-state index contributed by atoms with van der Waals surface area (Å²) in [4.78, 5) is 4.56. The normalized spacial score (nSPS) is 20.1. The molecule has 2 heterocycles. The Morgan fingerprint density at radius 1 is 1.32 bits per heavy atom. The summed E-state index contributed by atoms with van der Waals surface area (Å²) < 4.78 is 25.7. The lowest BCUT2D eigenvalue weighted by Crippen LogP contribution is -2.40. The summed E-state index contributed by atoms with van der Waals surface area (Å²) in [7, 11) is -3.14. The summed E-state index contributed by atoms with van der Waals surface area (Å²) in [6.07, 6.45) is 1.78. The zero-order valence-corrected chi connectivity index (χ0v) is 13.4. The van der Waals surface area contributed by atoms with E-state index >= 15 is 0 Å². The van der Waals surface area contributed by atoms with Gasteiger partial charge in [-0.05, 0) is 19.8 Å². The minimum atomic E-state index is -3.14. The molecule has 22 heavy (non-hydrogen) atoms. The molecule has 0 radical (unpaired) electrons. The lowest BCUT2D eigenvalue weighted by Gasteiger charge is -2.30. The van der Waals surface area contributed by atoms with Gasteiger partial charge in [-0.1, -0.05) is 30.3 Å². The summed E-state index contributed by atoms with van der Waals surface area (Å²) in [5.41, 5.74) is 0.957. The maximum atomic E-state index is 12.0. The molecule has 0 bridgehead atoms. The maximum Gasteiger partial charge on any atom is 0.213 e. The first-order valence-electron chi connectivity index (χ1n) is 7.55. The monoisotopic (exact) mass is 320 g/mol. The van der Waals surface area contributed by atoms with Gasteiger partial charge in [-0.3, -0.25) is 5.10 Å². The van der Waals surface area contributed by atoms with Gasteiger partial charge in [0, 0.05) is 24.6 Å². The molecular formula is C15H20N4O2S. The van der Waals surface area contributed by atoms with E-state index in [1.807, 2.05) is 30.3 Å². The number of hydrogen-bond donors (Lipinski definition) is 1. The Bertz CT molecular complexity index is 727. The van der Waals surface area contributed by atoms with E-state index < -0.39 is 10.0 Å². The average Bonchev–Trinajstić information content (AvgIpc) is 3.06. The summed E-state index contributed by atoms with van der Waals surface area (Å²) in [5.74, 6) is 1.66. The van der Waals surface area contributed by atoms with Gasteiger partial charge in [0.1, 0.15) is 5.82 Å². The fourth-order valence-corrected chi connectivity index (χ4v) is 3.95. The van der Waals surface area contributed by atoms with Crippen molar-refractivity contribution in [2.24, 2.45) is 0 Å². The number of nitrogens with one attached hydrogen (secondary N) is 1. The molecule has 0 amide bonds. The van der Waals surface area contributed by atoms with Crippen molar-refractivity contribution in [2.75, 3.05) is 18.8 Å². The van der Waals surface area contributed by atoms with Crippen LogP contribution in [0, 0.1) is 0 Å². The molecule has 1 saturated heterocycles. The zero-order valence-electron chi connectivity index (χ0n) is 12.6. The molecule has 1 aliphatic heterocycles. The second kappa shape index (κ2) is 6.18. The highest BCUT2D eigenvalue weighted by molar-refractivity contribution is 7.89. The van der Waals surface area contributed by atoms with Crippen LogP contribution in [-0.2, 0) is 10.0 Å². The molecule has 0 saturated carbocycles. The summed E-state index contributed by atoms with van der Waals surface area (Å²) >= 11 is 0. The van der Waals surface area contributed by atoms with E-state index in [4.69, 9.17) is 0 Å². The van der Waals surface area contributed by atoms with Crippen LogP contribution in [0.3, 0.4) is 0 Å². The average molecular weight is 320 g/mol. The summed E-state index contributed by atoms with van der Waals surface area (Å²) in [6, 6.07) is 9.76. The van der Waals surface area contributed by atoms with Gasteiger partial charge < -0.3 is 0 Å². The van der Waals surface area contributed by atoms with Crippen molar-refractivity contribution in [1.29, 1.82) is 0 Å². The van der Waals surface area contributed by atoms with Gasteiger partial charge in [0.15, 0.2) is 5.82 Å². The lowest BCUT2D eigenvalue weighted by molar-refractivity contribution is 0.310. The van der Waals surface area contributed by atoms with Crippen molar-refractivity contribution >= 4 is 10.0 Å². The minimum absolute atomic E-state index is 0.0834. The van der Waals surface area contributed by atoms with Crippen LogP contribution in [0.1, 0.15) is 31.5 Å². The number of benzene rings is 1. The van der Waals surface area contributed by atoms with Gasteiger partial charge >= 0.3 is 0 Å². The first-order valence-corrected chi connectivity index (χ1v) is 9.16. The van der Waals surface area contributed by atoms with Gasteiger partial charge in [0.05, 0.1) is 5.75 Å². The SMILES string of the molecule is CCS(=O)(=O)N1CCC[C@H](c2nc(-c3ccccc3)n[nH]2)C1. The number of H-pyrrole nitrogens is 1. The maximum absolute atomic E-state index is 12.0. The molecule has 3 rings (SSSR count). The van der Waals surface area contributed by atoms with Crippen LogP contribution >= 0.6 is 0 Å². The zero-order chi connectivity index (χ0) is 15.6. The van der Waals surface area contributed by atoms with Crippen molar-refractivity contribution in [3.8, 4) is 11.4 Å². The van der Waals surface area contributed by atoms with E-state index in [0.717, 1.165) is 24.2 Å². The lowest BCUT2D eigenvalue weighted by atomic mass is 9.99. The largest absolute Gasteiger partial charge is 0.262 e. The number of aromatic amines is 1. The molecule has 1 aromatic heterocycles. The highest BCUT2D eigenvalue weighted by Crippen LogP contribution is 2.27. The number of rotatable bonds is 4. The Hall–Kier alpha value is -1.73. The molecule has 2 aromatic rings. The van der Waals surface area contributed by atoms with Crippen LogP contribution in [0.4, 0.5) is 0 Å². The molecule has 1 aliphatic rings. The van der Waals surface area contributed by atoms with Crippen LogP contribution < -0.4 is 0 Å². The predicted octanol–water partition coefficient (Wildman–Crippen LogP) is 2.00. The predicted molar refractivity (Wildman–Crippen MR) is 84.8 cm³/mol. The van der Waals surface area contributed by atoms with Crippen LogP contribution in [0.25, 0.3) is 11.4 Å². The number of aromatic nitrogens is 3. The van der Waals surface area contributed by atoms with Crippen molar-refractivity contribution in [1.82, 2.24) is 19.5 Å². The molecule has 1 aromatic carbocycles. The summed E-state index contributed by atoms with van der Waals surface area (Å²) in [5, 5.41) is 7.25. The van der Waals surface area contributed by atoms with Crippen LogP contribution in [0.2, 0.25) is 0 Å². The van der Waals surface area contributed by atoms with Gasteiger partial charge in [0.2, 0.25) is 10.0 Å². The fourth-order valence-electron chi connectivity index (χ4n) is 2.77. The van der Waals surface area contributed by atoms with E-state index in [-0.39, 0.29) is 11.7 Å².